The summed E-state index contributed by atoms with van der Waals surface area (Å²) in [5.41, 5.74) is -0.709. The van der Waals surface area contributed by atoms with Gasteiger partial charge in [-0.2, -0.15) is 0 Å². The van der Waals surface area contributed by atoms with Crippen LogP contribution in [0.3, 0.4) is 0 Å². The van der Waals surface area contributed by atoms with E-state index < -0.39 is 23.1 Å². The van der Waals surface area contributed by atoms with Crippen molar-refractivity contribution >= 4 is 16.9 Å². The second-order valence-electron chi connectivity index (χ2n) is 5.09. The van der Waals surface area contributed by atoms with E-state index in [1.165, 1.54) is 12.3 Å². The van der Waals surface area contributed by atoms with Gasteiger partial charge in [0.2, 0.25) is 0 Å². The van der Waals surface area contributed by atoms with Crippen LogP contribution < -0.4 is 10.4 Å². The number of phenols is 2. The van der Waals surface area contributed by atoms with Gasteiger partial charge < -0.3 is 24.1 Å². The smallest absolute Gasteiger partial charge is 0.339 e. The van der Waals surface area contributed by atoms with Crippen LogP contribution in [0, 0.1) is 0 Å². The largest absolute Gasteiger partial charge is 0.504 e. The molecule has 0 spiro atoms. The van der Waals surface area contributed by atoms with E-state index in [0.29, 0.717) is 13.0 Å². The molecule has 7 nitrogen and oxygen atoms in total. The summed E-state index contributed by atoms with van der Waals surface area (Å²) in [6.07, 6.45) is 3.75. The molecule has 0 radical (unpaired) electrons. The molecule has 2 rings (SSSR count). The molecule has 0 aliphatic carbocycles. The monoisotopic (exact) mass is 334 g/mol. The Morgan fingerprint density at radius 3 is 2.67 bits per heavy atom. The maximum Gasteiger partial charge on any atom is 0.339 e. The highest BCUT2D eigenvalue weighted by molar-refractivity contribution is 5.88. The molecule has 2 aromatic rings. The third kappa shape index (κ3) is 4.52. The average molecular weight is 334 g/mol. The topological polar surface area (TPSA) is 106 Å². The number of phenolic OH excluding ortho intramolecular Hbond substituents is 2. The third-order valence-electron chi connectivity index (χ3n) is 3.29. The van der Waals surface area contributed by atoms with E-state index in [1.807, 2.05) is 0 Å². The molecule has 128 valence electrons. The van der Waals surface area contributed by atoms with Crippen molar-refractivity contribution in [2.45, 2.75) is 25.7 Å². The first-order valence-electron chi connectivity index (χ1n) is 7.44. The number of fused-ring (bicyclic) bond motifs is 1. The van der Waals surface area contributed by atoms with Crippen molar-refractivity contribution < 1.29 is 28.9 Å². The fourth-order valence-electron chi connectivity index (χ4n) is 2.13. The molecule has 0 aliphatic heterocycles. The van der Waals surface area contributed by atoms with Gasteiger partial charge in [0.05, 0.1) is 24.3 Å². The maximum atomic E-state index is 11.9. The van der Waals surface area contributed by atoms with E-state index in [2.05, 4.69) is 6.58 Å². The number of esters is 1. The zero-order valence-corrected chi connectivity index (χ0v) is 13.0. The van der Waals surface area contributed by atoms with Crippen molar-refractivity contribution in [3.05, 3.63) is 41.5 Å². The van der Waals surface area contributed by atoms with Gasteiger partial charge in [-0.25, -0.2) is 4.79 Å². The van der Waals surface area contributed by atoms with Crippen molar-refractivity contribution in [1.29, 1.82) is 0 Å². The van der Waals surface area contributed by atoms with Crippen LogP contribution in [0.25, 0.3) is 11.0 Å². The Bertz CT molecular complexity index is 791. The fourth-order valence-corrected chi connectivity index (χ4v) is 2.13. The number of unbranched alkanes of at least 4 members (excludes halogenated alkanes) is 2. The van der Waals surface area contributed by atoms with Gasteiger partial charge in [0.25, 0.3) is 0 Å². The molecule has 1 aromatic carbocycles. The minimum absolute atomic E-state index is 0.0159. The maximum absolute atomic E-state index is 11.9. The molecule has 24 heavy (non-hydrogen) atoms. The number of hydrogen-bond donors (Lipinski definition) is 2. The predicted molar refractivity (Wildman–Crippen MR) is 86.1 cm³/mol. The Hall–Kier alpha value is -2.96. The van der Waals surface area contributed by atoms with Crippen LogP contribution in [-0.2, 0) is 9.53 Å². The first-order chi connectivity index (χ1) is 11.5. The predicted octanol–water partition coefficient (Wildman–Crippen LogP) is 2.83. The molecular weight excluding hydrogens is 316 g/mol. The van der Waals surface area contributed by atoms with Gasteiger partial charge in [-0.05, 0) is 25.3 Å². The number of aromatic hydroxyl groups is 2. The number of rotatable bonds is 8. The molecular formula is C17H18O7. The lowest BCUT2D eigenvalue weighted by Crippen LogP contribution is -2.10. The van der Waals surface area contributed by atoms with E-state index in [4.69, 9.17) is 13.9 Å². The average Bonchev–Trinajstić information content (AvgIpc) is 2.52. The highest BCUT2D eigenvalue weighted by Crippen LogP contribution is 2.34. The number of carbonyl (C=O) groups is 1. The van der Waals surface area contributed by atoms with Crippen molar-refractivity contribution in [2.75, 3.05) is 6.61 Å². The van der Waals surface area contributed by atoms with Gasteiger partial charge >= 0.3 is 11.6 Å². The Morgan fingerprint density at radius 2 is 1.92 bits per heavy atom. The van der Waals surface area contributed by atoms with Crippen molar-refractivity contribution in [2.24, 2.45) is 0 Å². The molecule has 7 heteroatoms. The summed E-state index contributed by atoms with van der Waals surface area (Å²) < 4.78 is 15.1. The number of ether oxygens (including phenoxy) is 2. The highest BCUT2D eigenvalue weighted by atomic mass is 16.5. The Balaban J connectivity index is 2.03. The van der Waals surface area contributed by atoms with Crippen LogP contribution in [-0.4, -0.2) is 22.8 Å². The van der Waals surface area contributed by atoms with Crippen LogP contribution in [0.5, 0.6) is 17.2 Å². The summed E-state index contributed by atoms with van der Waals surface area (Å²) in [7, 11) is 0. The van der Waals surface area contributed by atoms with E-state index in [1.54, 1.807) is 0 Å². The van der Waals surface area contributed by atoms with Crippen molar-refractivity contribution in [3.63, 3.8) is 0 Å². The standard InChI is InChI=1S/C17H18O7/c1-2-22-7-5-3-4-6-16(20)23-15-10-17(21)24-14-9-13(19)12(18)8-11(14)15/h2,8-10,18-19H,1,3-7H2. The Morgan fingerprint density at radius 1 is 1.17 bits per heavy atom. The lowest BCUT2D eigenvalue weighted by molar-refractivity contribution is -0.134. The van der Waals surface area contributed by atoms with Crippen LogP contribution in [0.2, 0.25) is 0 Å². The number of benzene rings is 1. The normalized spacial score (nSPS) is 10.5. The molecule has 0 fully saturated rings. The molecule has 0 saturated carbocycles. The van der Waals surface area contributed by atoms with Gasteiger partial charge in [0.15, 0.2) is 11.5 Å². The van der Waals surface area contributed by atoms with Gasteiger partial charge in [0.1, 0.15) is 11.3 Å². The zero-order chi connectivity index (χ0) is 17.5. The van der Waals surface area contributed by atoms with Crippen LogP contribution in [0.1, 0.15) is 25.7 Å². The first-order valence-corrected chi connectivity index (χ1v) is 7.44. The van der Waals surface area contributed by atoms with Gasteiger partial charge in [-0.1, -0.05) is 6.58 Å². The number of carbonyl (C=O) groups excluding carboxylic acids is 1. The lowest BCUT2D eigenvalue weighted by Gasteiger charge is -2.08. The molecule has 2 N–H and O–H groups in total. The van der Waals surface area contributed by atoms with Crippen LogP contribution in [0.15, 0.2) is 40.3 Å². The molecule has 0 saturated heterocycles. The fraction of sp³-hybridized carbons (Fsp3) is 0.294. The second kappa shape index (κ2) is 8.05. The van der Waals surface area contributed by atoms with Gasteiger partial charge in [-0.15, -0.1) is 0 Å². The Kier molecular flexibility index (Phi) is 5.83. The molecule has 0 aliphatic rings. The molecule has 1 aromatic heterocycles. The van der Waals surface area contributed by atoms with Crippen LogP contribution in [0.4, 0.5) is 0 Å². The van der Waals surface area contributed by atoms with E-state index in [9.17, 15) is 19.8 Å². The summed E-state index contributed by atoms with van der Waals surface area (Å²) in [5.74, 6) is -1.36. The van der Waals surface area contributed by atoms with Crippen LogP contribution >= 0.6 is 0 Å². The summed E-state index contributed by atoms with van der Waals surface area (Å²) >= 11 is 0. The van der Waals surface area contributed by atoms with Gasteiger partial charge in [-0.3, -0.25) is 4.79 Å². The van der Waals surface area contributed by atoms with Crippen molar-refractivity contribution in [3.8, 4) is 17.2 Å². The molecule has 0 amide bonds. The lowest BCUT2D eigenvalue weighted by atomic mass is 10.2. The molecule has 0 atom stereocenters. The zero-order valence-electron chi connectivity index (χ0n) is 13.0. The quantitative estimate of drug-likeness (QED) is 0.251. The van der Waals surface area contributed by atoms with E-state index >= 15 is 0 Å². The third-order valence-corrected chi connectivity index (χ3v) is 3.29. The SMILES string of the molecule is C=COCCCCCC(=O)Oc1cc(=O)oc2cc(O)c(O)cc12. The summed E-state index contributed by atoms with van der Waals surface area (Å²) in [6, 6.07) is 3.28. The molecule has 1 heterocycles. The molecule has 0 unspecified atom stereocenters. The molecule has 0 bridgehead atoms. The summed E-state index contributed by atoms with van der Waals surface area (Å²) in [6.45, 7) is 3.98. The number of hydrogen-bond acceptors (Lipinski definition) is 7. The summed E-state index contributed by atoms with van der Waals surface area (Å²) in [5, 5.41) is 19.2. The minimum atomic E-state index is -0.725. The van der Waals surface area contributed by atoms with E-state index in [0.717, 1.165) is 25.0 Å². The van der Waals surface area contributed by atoms with Gasteiger partial charge in [0, 0.05) is 12.5 Å². The minimum Gasteiger partial charge on any atom is -0.504 e. The highest BCUT2D eigenvalue weighted by Gasteiger charge is 2.14. The summed E-state index contributed by atoms with van der Waals surface area (Å²) in [4.78, 5) is 23.4. The van der Waals surface area contributed by atoms with Crippen molar-refractivity contribution in [1.82, 2.24) is 0 Å². The Labute approximate surface area is 137 Å². The second-order valence-corrected chi connectivity index (χ2v) is 5.09. The van der Waals surface area contributed by atoms with E-state index in [-0.39, 0.29) is 23.1 Å². The first kappa shape index (κ1) is 17.4.